The first kappa shape index (κ1) is 13.4. The molecule has 0 bridgehead atoms. The van der Waals surface area contributed by atoms with Gasteiger partial charge in [0.1, 0.15) is 0 Å². The molecule has 2 heterocycles. The van der Waals surface area contributed by atoms with E-state index in [4.69, 9.17) is 16.3 Å². The average molecular weight is 272 g/mol. The van der Waals surface area contributed by atoms with Gasteiger partial charge in [0.2, 0.25) is 5.91 Å². The van der Waals surface area contributed by atoms with Crippen LogP contribution in [-0.4, -0.2) is 45.9 Å². The molecule has 0 saturated carbocycles. The zero-order valence-corrected chi connectivity index (χ0v) is 11.4. The molecule has 0 radical (unpaired) electrons. The molecule has 1 aromatic rings. The number of carbonyl (C=O) groups excluding carboxylic acids is 1. The van der Waals surface area contributed by atoms with Gasteiger partial charge in [-0.3, -0.25) is 9.48 Å². The maximum absolute atomic E-state index is 12.1. The molecule has 0 unspecified atom stereocenters. The van der Waals surface area contributed by atoms with Gasteiger partial charge in [-0.05, 0) is 13.8 Å². The average Bonchev–Trinajstić information content (AvgIpc) is 2.70. The largest absolute Gasteiger partial charge is 0.372 e. The number of ether oxygens (including phenoxy) is 1. The molecule has 2 atom stereocenters. The number of halogens is 1. The van der Waals surface area contributed by atoms with Crippen LogP contribution in [0.3, 0.4) is 0 Å². The Morgan fingerprint density at radius 3 is 2.72 bits per heavy atom. The van der Waals surface area contributed by atoms with Gasteiger partial charge in [0.15, 0.2) is 0 Å². The van der Waals surface area contributed by atoms with Crippen LogP contribution < -0.4 is 0 Å². The van der Waals surface area contributed by atoms with Gasteiger partial charge in [-0.1, -0.05) is 11.6 Å². The number of amides is 1. The van der Waals surface area contributed by atoms with Crippen molar-refractivity contribution in [2.75, 3.05) is 13.1 Å². The fraction of sp³-hybridized carbons (Fsp3) is 0.667. The van der Waals surface area contributed by atoms with E-state index in [9.17, 15) is 4.79 Å². The molecule has 2 rings (SSSR count). The van der Waals surface area contributed by atoms with Gasteiger partial charge in [0.05, 0.1) is 23.4 Å². The number of carbonyl (C=O) groups is 1. The normalized spacial score (nSPS) is 24.3. The predicted octanol–water partition coefficient (Wildman–Crippen LogP) is 1.56. The Bertz CT molecular complexity index is 411. The summed E-state index contributed by atoms with van der Waals surface area (Å²) >= 11 is 5.77. The third kappa shape index (κ3) is 3.46. The van der Waals surface area contributed by atoms with Crippen LogP contribution in [0.5, 0.6) is 0 Å². The van der Waals surface area contributed by atoms with Gasteiger partial charge in [0, 0.05) is 32.3 Å². The number of hydrogen-bond donors (Lipinski definition) is 0. The van der Waals surface area contributed by atoms with Crippen LogP contribution >= 0.6 is 11.6 Å². The monoisotopic (exact) mass is 271 g/mol. The fourth-order valence-electron chi connectivity index (χ4n) is 2.21. The second-order valence-electron chi connectivity index (χ2n) is 4.73. The molecule has 1 saturated heterocycles. The van der Waals surface area contributed by atoms with Gasteiger partial charge in [-0.15, -0.1) is 0 Å². The highest BCUT2D eigenvalue weighted by atomic mass is 35.5. The predicted molar refractivity (Wildman–Crippen MR) is 68.4 cm³/mol. The summed E-state index contributed by atoms with van der Waals surface area (Å²) in [6.07, 6.45) is 3.95. The first-order valence-electron chi connectivity index (χ1n) is 6.16. The second kappa shape index (κ2) is 5.71. The van der Waals surface area contributed by atoms with E-state index in [0.717, 1.165) is 0 Å². The van der Waals surface area contributed by atoms with Crippen molar-refractivity contribution in [2.24, 2.45) is 0 Å². The van der Waals surface area contributed by atoms with Crippen molar-refractivity contribution in [3.05, 3.63) is 17.4 Å². The van der Waals surface area contributed by atoms with E-state index in [1.807, 2.05) is 18.7 Å². The highest BCUT2D eigenvalue weighted by Gasteiger charge is 2.25. The number of rotatable bonds is 3. The minimum atomic E-state index is 0.108. The summed E-state index contributed by atoms with van der Waals surface area (Å²) in [5.74, 6) is 0.142. The van der Waals surface area contributed by atoms with Crippen LogP contribution in [0.2, 0.25) is 5.02 Å². The first-order chi connectivity index (χ1) is 8.54. The summed E-state index contributed by atoms with van der Waals surface area (Å²) in [5, 5.41) is 4.65. The molecule has 1 aliphatic rings. The summed E-state index contributed by atoms with van der Waals surface area (Å²) < 4.78 is 7.29. The van der Waals surface area contributed by atoms with Crippen molar-refractivity contribution in [2.45, 2.75) is 39.0 Å². The lowest BCUT2D eigenvalue weighted by molar-refractivity contribution is -0.143. The maximum atomic E-state index is 12.1. The summed E-state index contributed by atoms with van der Waals surface area (Å²) in [5.41, 5.74) is 0. The van der Waals surface area contributed by atoms with E-state index in [2.05, 4.69) is 5.10 Å². The molecule has 0 spiro atoms. The molecule has 0 aliphatic carbocycles. The molecular formula is C12H18ClN3O2. The van der Waals surface area contributed by atoms with E-state index in [-0.39, 0.29) is 18.1 Å². The summed E-state index contributed by atoms with van der Waals surface area (Å²) in [7, 11) is 0. The molecule has 100 valence electrons. The zero-order chi connectivity index (χ0) is 13.1. The third-order valence-corrected chi connectivity index (χ3v) is 3.12. The van der Waals surface area contributed by atoms with Gasteiger partial charge in [0.25, 0.3) is 0 Å². The second-order valence-corrected chi connectivity index (χ2v) is 5.16. The Kier molecular flexibility index (Phi) is 4.24. The SMILES string of the molecule is C[C@@H]1CN(C(=O)CCn2cc(Cl)cn2)C[C@@H](C)O1. The van der Waals surface area contributed by atoms with Crippen LogP contribution in [0.15, 0.2) is 12.4 Å². The van der Waals surface area contributed by atoms with E-state index in [1.165, 1.54) is 0 Å². The van der Waals surface area contributed by atoms with E-state index < -0.39 is 0 Å². The molecular weight excluding hydrogens is 254 g/mol. The van der Waals surface area contributed by atoms with Crippen LogP contribution in [-0.2, 0) is 16.1 Å². The molecule has 1 fully saturated rings. The molecule has 0 N–H and O–H groups in total. The Hall–Kier alpha value is -1.07. The molecule has 1 aliphatic heterocycles. The number of aryl methyl sites for hydroxylation is 1. The fourth-order valence-corrected chi connectivity index (χ4v) is 2.37. The Labute approximate surface area is 112 Å². The molecule has 1 amide bonds. The molecule has 5 nitrogen and oxygen atoms in total. The molecule has 1 aromatic heterocycles. The third-order valence-electron chi connectivity index (χ3n) is 2.93. The zero-order valence-electron chi connectivity index (χ0n) is 10.7. The van der Waals surface area contributed by atoms with Gasteiger partial charge in [-0.2, -0.15) is 5.10 Å². The molecule has 6 heteroatoms. The molecule has 18 heavy (non-hydrogen) atoms. The standard InChI is InChI=1S/C12H18ClN3O2/c1-9-6-15(7-10(2)18-9)12(17)3-4-16-8-11(13)5-14-16/h5,8-10H,3-4,6-7H2,1-2H3/t9-,10-/m1/s1. The Morgan fingerprint density at radius 1 is 1.50 bits per heavy atom. The van der Waals surface area contributed by atoms with Crippen LogP contribution in [0, 0.1) is 0 Å². The van der Waals surface area contributed by atoms with E-state index >= 15 is 0 Å². The number of morpholine rings is 1. The first-order valence-corrected chi connectivity index (χ1v) is 6.53. The summed E-state index contributed by atoms with van der Waals surface area (Å²) in [4.78, 5) is 13.9. The quantitative estimate of drug-likeness (QED) is 0.838. The van der Waals surface area contributed by atoms with E-state index in [0.29, 0.717) is 31.1 Å². The van der Waals surface area contributed by atoms with Crippen molar-refractivity contribution in [1.82, 2.24) is 14.7 Å². The van der Waals surface area contributed by atoms with Gasteiger partial charge < -0.3 is 9.64 Å². The Morgan fingerprint density at radius 2 is 2.17 bits per heavy atom. The maximum Gasteiger partial charge on any atom is 0.224 e. The van der Waals surface area contributed by atoms with Gasteiger partial charge in [-0.25, -0.2) is 0 Å². The Balaban J connectivity index is 1.84. The summed E-state index contributed by atoms with van der Waals surface area (Å²) in [6.45, 7) is 5.88. The van der Waals surface area contributed by atoms with Crippen molar-refractivity contribution < 1.29 is 9.53 Å². The van der Waals surface area contributed by atoms with E-state index in [1.54, 1.807) is 17.1 Å². The lowest BCUT2D eigenvalue weighted by atomic mass is 10.2. The highest BCUT2D eigenvalue weighted by molar-refractivity contribution is 6.30. The van der Waals surface area contributed by atoms with Crippen LogP contribution in [0.1, 0.15) is 20.3 Å². The highest BCUT2D eigenvalue weighted by Crippen LogP contribution is 2.12. The number of aromatic nitrogens is 2. The van der Waals surface area contributed by atoms with Crippen LogP contribution in [0.25, 0.3) is 0 Å². The summed E-state index contributed by atoms with van der Waals surface area (Å²) in [6, 6.07) is 0. The van der Waals surface area contributed by atoms with Crippen molar-refractivity contribution >= 4 is 17.5 Å². The van der Waals surface area contributed by atoms with Crippen molar-refractivity contribution in [1.29, 1.82) is 0 Å². The smallest absolute Gasteiger partial charge is 0.224 e. The number of nitrogens with zero attached hydrogens (tertiary/aromatic N) is 3. The topological polar surface area (TPSA) is 47.4 Å². The molecule has 0 aromatic carbocycles. The van der Waals surface area contributed by atoms with Crippen molar-refractivity contribution in [3.63, 3.8) is 0 Å². The number of hydrogen-bond acceptors (Lipinski definition) is 3. The van der Waals surface area contributed by atoms with Crippen LogP contribution in [0.4, 0.5) is 0 Å². The minimum Gasteiger partial charge on any atom is -0.372 e. The lowest BCUT2D eigenvalue weighted by Crippen LogP contribution is -2.48. The lowest BCUT2D eigenvalue weighted by Gasteiger charge is -2.35. The van der Waals surface area contributed by atoms with Crippen molar-refractivity contribution in [3.8, 4) is 0 Å². The van der Waals surface area contributed by atoms with Gasteiger partial charge >= 0.3 is 0 Å². The minimum absolute atomic E-state index is 0.108.